The molecule has 3 N–H and O–H groups in total. The largest absolute Gasteiger partial charge is 0.468 e. The molecular formula is C31H49N3O7. The molecule has 230 valence electrons. The first-order chi connectivity index (χ1) is 19.6. The molecule has 1 aliphatic carbocycles. The van der Waals surface area contributed by atoms with E-state index in [1.807, 2.05) is 32.2 Å². The standard InChI is InChI=1S/C18H24N2O6.C13H25NO/c1-4-15(21)19-18(23)20(3)17-12(2)16(22)14(26-17)10-24-11-25-13-8-6-5-7-9-13;1-10(9-13(15)11(2)14-3)12-7-5-4-6-8-12/h4-9,12,14,16-17,22H,1,10-11H2,2-3H3,(H,19,21,23);10-12,14H,4-9H2,1-3H3/t12-,14-,16+,17?;10?,11-/m10/s1. The highest BCUT2D eigenvalue weighted by Gasteiger charge is 2.44. The highest BCUT2D eigenvalue weighted by Crippen LogP contribution is 2.32. The van der Waals surface area contributed by atoms with Gasteiger partial charge in [0.15, 0.2) is 6.79 Å². The van der Waals surface area contributed by atoms with Crippen molar-refractivity contribution in [3.8, 4) is 5.75 Å². The molecule has 10 heteroatoms. The molecule has 41 heavy (non-hydrogen) atoms. The minimum Gasteiger partial charge on any atom is -0.468 e. The number of ether oxygens (including phenoxy) is 3. The summed E-state index contributed by atoms with van der Waals surface area (Å²) in [7, 11) is 3.34. The molecule has 1 heterocycles. The third-order valence-electron chi connectivity index (χ3n) is 8.03. The average Bonchev–Trinajstić information content (AvgIpc) is 3.28. The summed E-state index contributed by atoms with van der Waals surface area (Å²) in [5, 5.41) is 15.5. The van der Waals surface area contributed by atoms with E-state index in [1.54, 1.807) is 19.1 Å². The van der Waals surface area contributed by atoms with Crippen LogP contribution in [0.5, 0.6) is 5.75 Å². The van der Waals surface area contributed by atoms with Gasteiger partial charge in [0.25, 0.3) is 5.91 Å². The molecule has 0 aromatic heterocycles. The number of rotatable bonds is 12. The van der Waals surface area contributed by atoms with Crippen LogP contribution in [0.2, 0.25) is 0 Å². The van der Waals surface area contributed by atoms with Crippen LogP contribution in [0, 0.1) is 17.8 Å². The number of ketones is 1. The topological polar surface area (TPSA) is 126 Å². The normalized spacial score (nSPS) is 23.9. The molecule has 0 bridgehead atoms. The van der Waals surface area contributed by atoms with Crippen LogP contribution in [0.25, 0.3) is 0 Å². The Hall–Kier alpha value is -2.79. The van der Waals surface area contributed by atoms with E-state index < -0.39 is 30.4 Å². The van der Waals surface area contributed by atoms with E-state index in [4.69, 9.17) is 14.2 Å². The van der Waals surface area contributed by atoms with Gasteiger partial charge in [0, 0.05) is 19.4 Å². The van der Waals surface area contributed by atoms with Gasteiger partial charge in [0.2, 0.25) is 0 Å². The molecule has 1 saturated carbocycles. The van der Waals surface area contributed by atoms with Crippen molar-refractivity contribution in [2.75, 3.05) is 27.5 Å². The number of carbonyl (C=O) groups is 3. The Labute approximate surface area is 244 Å². The van der Waals surface area contributed by atoms with Gasteiger partial charge in [-0.15, -0.1) is 0 Å². The van der Waals surface area contributed by atoms with Crippen molar-refractivity contribution >= 4 is 17.7 Å². The molecule has 0 spiro atoms. The summed E-state index contributed by atoms with van der Waals surface area (Å²) in [5.41, 5.74) is 0. The van der Waals surface area contributed by atoms with Gasteiger partial charge in [0.1, 0.15) is 23.9 Å². The summed E-state index contributed by atoms with van der Waals surface area (Å²) in [5.74, 6) is 1.46. The zero-order valence-corrected chi connectivity index (χ0v) is 25.2. The summed E-state index contributed by atoms with van der Waals surface area (Å²) in [4.78, 5) is 36.2. The number of urea groups is 1. The Morgan fingerprint density at radius 1 is 1.17 bits per heavy atom. The molecule has 2 aliphatic rings. The molecule has 0 radical (unpaired) electrons. The minimum absolute atomic E-state index is 0.0137. The second-order valence-corrected chi connectivity index (χ2v) is 11.0. The van der Waals surface area contributed by atoms with Crippen LogP contribution in [-0.2, 0) is 19.1 Å². The fraction of sp³-hybridized carbons (Fsp3) is 0.645. The molecule has 6 atom stereocenters. The number of para-hydroxylation sites is 1. The van der Waals surface area contributed by atoms with E-state index in [0.717, 1.165) is 18.4 Å². The molecule has 2 fully saturated rings. The van der Waals surface area contributed by atoms with Crippen molar-refractivity contribution in [1.82, 2.24) is 15.5 Å². The van der Waals surface area contributed by atoms with Crippen LogP contribution in [-0.4, -0.2) is 79.7 Å². The van der Waals surface area contributed by atoms with Crippen LogP contribution in [0.15, 0.2) is 43.0 Å². The SMILES string of the molecule is C=CC(=O)NC(=O)N(C)C1O[C@H](COCOc2ccccc2)[C@@H](O)[C@H]1C.CN[C@@H](C)C(=O)CC(C)C1CCCCC1. The molecule has 1 aromatic carbocycles. The van der Waals surface area contributed by atoms with Crippen molar-refractivity contribution in [1.29, 1.82) is 0 Å². The zero-order chi connectivity index (χ0) is 30.4. The van der Waals surface area contributed by atoms with Crippen LogP contribution in [0.3, 0.4) is 0 Å². The van der Waals surface area contributed by atoms with Crippen molar-refractivity contribution in [3.05, 3.63) is 43.0 Å². The lowest BCUT2D eigenvalue weighted by molar-refractivity contribution is -0.122. The second-order valence-electron chi connectivity index (χ2n) is 11.0. The Bertz CT molecular complexity index is 954. The number of likely N-dealkylation sites (N-methyl/N-ethyl adjacent to an activating group) is 1. The van der Waals surface area contributed by atoms with E-state index in [9.17, 15) is 19.5 Å². The number of benzene rings is 1. The number of carbonyl (C=O) groups excluding carboxylic acids is 3. The first-order valence-corrected chi connectivity index (χ1v) is 14.6. The Balaban J connectivity index is 0.000000333. The second kappa shape index (κ2) is 17.9. The molecule has 2 unspecified atom stereocenters. The predicted molar refractivity (Wildman–Crippen MR) is 157 cm³/mol. The molecule has 1 aliphatic heterocycles. The minimum atomic E-state index is -0.818. The van der Waals surface area contributed by atoms with E-state index in [-0.39, 0.29) is 25.4 Å². The summed E-state index contributed by atoms with van der Waals surface area (Å²) in [6, 6.07) is 8.59. The number of Topliss-reactive ketones (excluding diaryl/α,β-unsaturated/α-hetero) is 1. The third-order valence-corrected chi connectivity index (χ3v) is 8.03. The van der Waals surface area contributed by atoms with Gasteiger partial charge in [-0.05, 0) is 44.0 Å². The molecule has 1 aromatic rings. The molecular weight excluding hydrogens is 526 g/mol. The molecule has 10 nitrogen and oxygen atoms in total. The van der Waals surface area contributed by atoms with Crippen LogP contribution in [0.4, 0.5) is 4.79 Å². The lowest BCUT2D eigenvalue weighted by Crippen LogP contribution is -2.47. The lowest BCUT2D eigenvalue weighted by atomic mass is 9.78. The van der Waals surface area contributed by atoms with Crippen molar-refractivity contribution in [3.63, 3.8) is 0 Å². The smallest absolute Gasteiger partial charge is 0.326 e. The number of hydrogen-bond donors (Lipinski definition) is 3. The van der Waals surface area contributed by atoms with Gasteiger partial charge in [-0.2, -0.15) is 0 Å². The quantitative estimate of drug-likeness (QED) is 0.195. The van der Waals surface area contributed by atoms with Gasteiger partial charge in [-0.25, -0.2) is 4.79 Å². The van der Waals surface area contributed by atoms with Crippen molar-refractivity contribution in [2.45, 2.75) is 83.8 Å². The lowest BCUT2D eigenvalue weighted by Gasteiger charge is -2.27. The van der Waals surface area contributed by atoms with Crippen molar-refractivity contribution < 1.29 is 33.7 Å². The molecule has 3 amide bonds. The summed E-state index contributed by atoms with van der Waals surface area (Å²) in [6.07, 6.45) is 6.44. The molecule has 1 saturated heterocycles. The fourth-order valence-electron chi connectivity index (χ4n) is 5.15. The van der Waals surface area contributed by atoms with Gasteiger partial charge in [-0.1, -0.05) is 70.7 Å². The summed E-state index contributed by atoms with van der Waals surface area (Å²) < 4.78 is 16.6. The first kappa shape index (κ1) is 34.4. The highest BCUT2D eigenvalue weighted by atomic mass is 16.7. The van der Waals surface area contributed by atoms with Gasteiger partial charge < -0.3 is 29.5 Å². The monoisotopic (exact) mass is 575 g/mol. The number of nitrogens with zero attached hydrogens (tertiary/aromatic N) is 1. The number of hydrogen-bond acceptors (Lipinski definition) is 8. The highest BCUT2D eigenvalue weighted by molar-refractivity contribution is 5.99. The van der Waals surface area contributed by atoms with Crippen LogP contribution in [0.1, 0.15) is 59.3 Å². The summed E-state index contributed by atoms with van der Waals surface area (Å²) >= 11 is 0. The van der Waals surface area contributed by atoms with E-state index in [0.29, 0.717) is 17.5 Å². The van der Waals surface area contributed by atoms with Crippen LogP contribution >= 0.6 is 0 Å². The Morgan fingerprint density at radius 3 is 2.44 bits per heavy atom. The van der Waals surface area contributed by atoms with Gasteiger partial charge >= 0.3 is 6.03 Å². The van der Waals surface area contributed by atoms with E-state index in [2.05, 4.69) is 24.1 Å². The Kier molecular flexibility index (Phi) is 15.0. The Morgan fingerprint density at radius 2 is 1.83 bits per heavy atom. The zero-order valence-electron chi connectivity index (χ0n) is 25.2. The van der Waals surface area contributed by atoms with E-state index in [1.165, 1.54) is 44.1 Å². The number of imide groups is 1. The van der Waals surface area contributed by atoms with Crippen molar-refractivity contribution in [2.24, 2.45) is 17.8 Å². The number of aliphatic hydroxyl groups is 1. The van der Waals surface area contributed by atoms with Gasteiger partial charge in [-0.3, -0.25) is 14.9 Å². The van der Waals surface area contributed by atoms with Gasteiger partial charge in [0.05, 0.1) is 18.8 Å². The van der Waals surface area contributed by atoms with E-state index >= 15 is 0 Å². The maximum atomic E-state index is 12.0. The first-order valence-electron chi connectivity index (χ1n) is 14.6. The summed E-state index contributed by atoms with van der Waals surface area (Å²) in [6.45, 7) is 9.37. The maximum absolute atomic E-state index is 12.0. The van der Waals surface area contributed by atoms with Crippen LogP contribution < -0.4 is 15.4 Å². The number of nitrogens with one attached hydrogen (secondary N) is 2. The maximum Gasteiger partial charge on any atom is 0.326 e. The predicted octanol–water partition coefficient (Wildman–Crippen LogP) is 3.89. The number of aliphatic hydroxyl groups excluding tert-OH is 1. The average molecular weight is 576 g/mol. The molecule has 3 rings (SSSR count). The number of amides is 3. The third kappa shape index (κ3) is 11.2. The fourth-order valence-corrected chi connectivity index (χ4v) is 5.15.